The maximum absolute atomic E-state index is 9.11. The maximum atomic E-state index is 9.11. The minimum absolute atomic E-state index is 0.283. The van der Waals surface area contributed by atoms with E-state index in [2.05, 4.69) is 12.2 Å². The molecule has 0 aromatic heterocycles. The third-order valence-electron chi connectivity index (χ3n) is 2.15. The van der Waals surface area contributed by atoms with Crippen LogP contribution in [-0.4, -0.2) is 25.4 Å². The Bertz CT molecular complexity index is 258. The Morgan fingerprint density at radius 1 is 1.36 bits per heavy atom. The summed E-state index contributed by atoms with van der Waals surface area (Å²) in [5, 5.41) is 12.4. The van der Waals surface area contributed by atoms with E-state index in [0.29, 0.717) is 12.4 Å². The van der Waals surface area contributed by atoms with Crippen molar-refractivity contribution in [1.29, 1.82) is 0 Å². The van der Waals surface area contributed by atoms with Crippen LogP contribution in [-0.2, 0) is 4.74 Å². The predicted octanol–water partition coefficient (Wildman–Crippen LogP) is 1.69. The third-order valence-corrected chi connectivity index (χ3v) is 2.15. The zero-order valence-corrected chi connectivity index (χ0v) is 8.66. The fourth-order valence-electron chi connectivity index (χ4n) is 1.26. The Morgan fingerprint density at radius 3 is 2.57 bits per heavy atom. The van der Waals surface area contributed by atoms with E-state index in [9.17, 15) is 0 Å². The van der Waals surface area contributed by atoms with Gasteiger partial charge in [0.15, 0.2) is 0 Å². The summed E-state index contributed by atoms with van der Waals surface area (Å²) in [6.45, 7) is 3.63. The number of benzene rings is 1. The van der Waals surface area contributed by atoms with Crippen molar-refractivity contribution in [2.75, 3.05) is 20.3 Å². The van der Waals surface area contributed by atoms with E-state index < -0.39 is 0 Å². The van der Waals surface area contributed by atoms with Crippen molar-refractivity contribution in [3.8, 4) is 5.75 Å². The molecule has 78 valence electrons. The monoisotopic (exact) mass is 195 g/mol. The van der Waals surface area contributed by atoms with Gasteiger partial charge in [-0.25, -0.2) is 0 Å². The summed E-state index contributed by atoms with van der Waals surface area (Å²) in [5.41, 5.74) is 1.17. The van der Waals surface area contributed by atoms with Gasteiger partial charge in [-0.15, -0.1) is 0 Å². The van der Waals surface area contributed by atoms with Crippen molar-refractivity contribution in [2.24, 2.45) is 0 Å². The summed E-state index contributed by atoms with van der Waals surface area (Å²) in [6.07, 6.45) is 0. The van der Waals surface area contributed by atoms with E-state index in [1.165, 1.54) is 5.56 Å². The first-order valence-corrected chi connectivity index (χ1v) is 4.75. The Balaban J connectivity index is 2.43. The second-order valence-corrected chi connectivity index (χ2v) is 3.26. The predicted molar refractivity (Wildman–Crippen MR) is 56.4 cm³/mol. The average molecular weight is 195 g/mol. The molecule has 0 radical (unpaired) electrons. The molecule has 0 heterocycles. The van der Waals surface area contributed by atoms with Gasteiger partial charge < -0.3 is 15.2 Å². The van der Waals surface area contributed by atoms with Crippen LogP contribution < -0.4 is 5.32 Å². The Labute approximate surface area is 84.7 Å². The molecule has 3 heteroatoms. The van der Waals surface area contributed by atoms with Gasteiger partial charge in [-0.05, 0) is 24.6 Å². The quantitative estimate of drug-likeness (QED) is 0.702. The molecule has 1 rings (SSSR count). The first-order valence-electron chi connectivity index (χ1n) is 4.75. The maximum Gasteiger partial charge on any atom is 0.115 e. The third kappa shape index (κ3) is 3.36. The van der Waals surface area contributed by atoms with E-state index in [4.69, 9.17) is 9.84 Å². The molecule has 0 saturated carbocycles. The molecule has 0 aliphatic rings. The molecule has 1 aromatic rings. The highest BCUT2D eigenvalue weighted by Gasteiger charge is 2.03. The fraction of sp³-hybridized carbons (Fsp3) is 0.455. The van der Waals surface area contributed by atoms with Gasteiger partial charge in [-0.3, -0.25) is 0 Å². The van der Waals surface area contributed by atoms with Crippen LogP contribution in [0, 0.1) is 0 Å². The smallest absolute Gasteiger partial charge is 0.115 e. The van der Waals surface area contributed by atoms with Gasteiger partial charge in [0, 0.05) is 19.7 Å². The second-order valence-electron chi connectivity index (χ2n) is 3.26. The lowest BCUT2D eigenvalue weighted by molar-refractivity contribution is 0.196. The Kier molecular flexibility index (Phi) is 4.43. The van der Waals surface area contributed by atoms with Crippen molar-refractivity contribution in [2.45, 2.75) is 13.0 Å². The van der Waals surface area contributed by atoms with E-state index in [-0.39, 0.29) is 6.04 Å². The van der Waals surface area contributed by atoms with Gasteiger partial charge in [0.1, 0.15) is 5.75 Å². The summed E-state index contributed by atoms with van der Waals surface area (Å²) in [6, 6.07) is 7.51. The van der Waals surface area contributed by atoms with Crippen LogP contribution in [0.2, 0.25) is 0 Å². The molecule has 1 unspecified atom stereocenters. The summed E-state index contributed by atoms with van der Waals surface area (Å²) in [5.74, 6) is 0.304. The van der Waals surface area contributed by atoms with Gasteiger partial charge in [-0.2, -0.15) is 0 Å². The number of hydrogen-bond donors (Lipinski definition) is 2. The van der Waals surface area contributed by atoms with Crippen LogP contribution in [0.3, 0.4) is 0 Å². The first kappa shape index (κ1) is 11.0. The van der Waals surface area contributed by atoms with Crippen LogP contribution in [0.5, 0.6) is 5.75 Å². The number of hydrogen-bond acceptors (Lipinski definition) is 3. The van der Waals surface area contributed by atoms with Gasteiger partial charge in [0.05, 0.1) is 6.61 Å². The number of nitrogens with one attached hydrogen (secondary N) is 1. The molecule has 0 aliphatic carbocycles. The van der Waals surface area contributed by atoms with Crippen LogP contribution >= 0.6 is 0 Å². The normalized spacial score (nSPS) is 12.7. The topological polar surface area (TPSA) is 41.5 Å². The van der Waals surface area contributed by atoms with Gasteiger partial charge >= 0.3 is 0 Å². The number of ether oxygens (including phenoxy) is 1. The van der Waals surface area contributed by atoms with Crippen molar-refractivity contribution in [3.63, 3.8) is 0 Å². The number of rotatable bonds is 5. The van der Waals surface area contributed by atoms with Gasteiger partial charge in [0.2, 0.25) is 0 Å². The number of aromatic hydroxyl groups is 1. The highest BCUT2D eigenvalue weighted by atomic mass is 16.5. The molecular weight excluding hydrogens is 178 g/mol. The fourth-order valence-corrected chi connectivity index (χ4v) is 1.26. The molecule has 1 atom stereocenters. The lowest BCUT2D eigenvalue weighted by Crippen LogP contribution is -2.22. The summed E-state index contributed by atoms with van der Waals surface area (Å²) in [7, 11) is 1.69. The summed E-state index contributed by atoms with van der Waals surface area (Å²) in [4.78, 5) is 0. The van der Waals surface area contributed by atoms with Crippen LogP contribution in [0.25, 0.3) is 0 Å². The van der Waals surface area contributed by atoms with Crippen molar-refractivity contribution < 1.29 is 9.84 Å². The molecule has 0 saturated heterocycles. The summed E-state index contributed by atoms with van der Waals surface area (Å²) >= 11 is 0. The molecule has 0 amide bonds. The molecule has 1 aromatic carbocycles. The zero-order chi connectivity index (χ0) is 10.4. The lowest BCUT2D eigenvalue weighted by Gasteiger charge is -2.13. The number of methoxy groups -OCH3 is 1. The van der Waals surface area contributed by atoms with Crippen molar-refractivity contribution >= 4 is 0 Å². The van der Waals surface area contributed by atoms with Crippen LogP contribution in [0.15, 0.2) is 24.3 Å². The minimum atomic E-state index is 0.283. The first-order chi connectivity index (χ1) is 6.74. The second kappa shape index (κ2) is 5.62. The SMILES string of the molecule is COCCNC(C)c1ccc(O)cc1. The number of phenols is 1. The molecule has 0 fully saturated rings. The van der Waals surface area contributed by atoms with Crippen molar-refractivity contribution in [1.82, 2.24) is 5.32 Å². The minimum Gasteiger partial charge on any atom is -0.508 e. The highest BCUT2D eigenvalue weighted by molar-refractivity contribution is 5.27. The largest absolute Gasteiger partial charge is 0.508 e. The molecule has 0 aliphatic heterocycles. The van der Waals surface area contributed by atoms with Crippen molar-refractivity contribution in [3.05, 3.63) is 29.8 Å². The molecule has 14 heavy (non-hydrogen) atoms. The average Bonchev–Trinajstić information content (AvgIpc) is 2.19. The lowest BCUT2D eigenvalue weighted by atomic mass is 10.1. The van der Waals surface area contributed by atoms with Crippen LogP contribution in [0.1, 0.15) is 18.5 Å². The van der Waals surface area contributed by atoms with Gasteiger partial charge in [-0.1, -0.05) is 12.1 Å². The summed E-state index contributed by atoms with van der Waals surface area (Å²) < 4.78 is 4.94. The van der Waals surface area contributed by atoms with E-state index in [0.717, 1.165) is 6.54 Å². The van der Waals surface area contributed by atoms with Gasteiger partial charge in [0.25, 0.3) is 0 Å². The van der Waals surface area contributed by atoms with Crippen LogP contribution in [0.4, 0.5) is 0 Å². The molecule has 3 nitrogen and oxygen atoms in total. The standard InChI is InChI=1S/C11H17NO2/c1-9(12-7-8-14-2)10-3-5-11(13)6-4-10/h3-6,9,12-13H,7-8H2,1-2H3. The Morgan fingerprint density at radius 2 is 2.00 bits per heavy atom. The van der Waals surface area contributed by atoms with E-state index >= 15 is 0 Å². The highest BCUT2D eigenvalue weighted by Crippen LogP contribution is 2.15. The molecule has 0 bridgehead atoms. The van der Waals surface area contributed by atoms with E-state index in [1.54, 1.807) is 19.2 Å². The molecule has 2 N–H and O–H groups in total. The molecular formula is C11H17NO2. The molecule has 0 spiro atoms. The number of phenolic OH excluding ortho intramolecular Hbond substituents is 1. The van der Waals surface area contributed by atoms with E-state index in [1.807, 2.05) is 12.1 Å². The Hall–Kier alpha value is -1.06. The zero-order valence-electron chi connectivity index (χ0n) is 8.66.